The number of nitrogens with two attached hydrogens (primary N) is 1. The van der Waals surface area contributed by atoms with Gasteiger partial charge >= 0.3 is 6.01 Å². The van der Waals surface area contributed by atoms with Crippen molar-refractivity contribution in [3.8, 4) is 5.88 Å². The van der Waals surface area contributed by atoms with Crippen LogP contribution < -0.4 is 15.4 Å². The molecular formula is C28H41N7O4. The minimum Gasteiger partial charge on any atom is -0.478 e. The van der Waals surface area contributed by atoms with Crippen LogP contribution in [0.15, 0.2) is 22.9 Å². The Hall–Kier alpha value is -3.21. The number of hydrogen-bond acceptors (Lipinski definition) is 9. The van der Waals surface area contributed by atoms with Crippen LogP contribution in [0.3, 0.4) is 0 Å². The van der Waals surface area contributed by atoms with E-state index in [1.165, 1.54) is 0 Å². The molecule has 0 aromatic carbocycles. The van der Waals surface area contributed by atoms with E-state index < -0.39 is 0 Å². The van der Waals surface area contributed by atoms with Gasteiger partial charge in [0.2, 0.25) is 11.8 Å². The SMILES string of the molecule is CC(C)c1noc(N2CCC(CCCOc3ccc(C(=O)N4C[C@H](N)[C@H](C(=O)N5CCCC5)C4)cn3)CC2)n1. The van der Waals surface area contributed by atoms with Crippen molar-refractivity contribution in [2.75, 3.05) is 50.8 Å². The van der Waals surface area contributed by atoms with Crippen molar-refractivity contribution in [3.63, 3.8) is 0 Å². The van der Waals surface area contributed by atoms with Crippen LogP contribution >= 0.6 is 0 Å². The number of carbonyl (C=O) groups excluding carboxylic acids is 2. The predicted molar refractivity (Wildman–Crippen MR) is 145 cm³/mol. The van der Waals surface area contributed by atoms with Crippen molar-refractivity contribution in [1.29, 1.82) is 0 Å². The van der Waals surface area contributed by atoms with Crippen molar-refractivity contribution in [2.45, 2.75) is 64.3 Å². The van der Waals surface area contributed by atoms with Gasteiger partial charge in [0.25, 0.3) is 5.91 Å². The standard InChI is InChI=1S/C28H41N7O4/c1-19(2)25-31-28(39-32-25)34-13-9-20(10-14-34)6-5-15-38-24-8-7-21(16-30-24)26(36)35-17-22(23(29)18-35)27(37)33-11-3-4-12-33/h7-8,16,19-20,22-23H,3-6,9-15,17-18,29H2,1-2H3/t22-,23+/m1/s1. The van der Waals surface area contributed by atoms with Crippen LogP contribution in [0.25, 0.3) is 0 Å². The van der Waals surface area contributed by atoms with E-state index in [1.54, 1.807) is 23.2 Å². The van der Waals surface area contributed by atoms with Crippen molar-refractivity contribution >= 4 is 17.8 Å². The maximum Gasteiger partial charge on any atom is 0.324 e. The average molecular weight is 540 g/mol. The van der Waals surface area contributed by atoms with Crippen LogP contribution in [0.4, 0.5) is 6.01 Å². The fraction of sp³-hybridized carbons (Fsp3) is 0.679. The Balaban J connectivity index is 1.01. The zero-order valence-corrected chi connectivity index (χ0v) is 23.1. The van der Waals surface area contributed by atoms with Crippen LogP contribution in [-0.2, 0) is 4.79 Å². The Labute approximate surface area is 230 Å². The molecule has 0 radical (unpaired) electrons. The topological polar surface area (TPSA) is 131 Å². The molecule has 3 saturated heterocycles. The van der Waals surface area contributed by atoms with Gasteiger partial charge in [-0.1, -0.05) is 19.0 Å². The maximum absolute atomic E-state index is 13.0. The third kappa shape index (κ3) is 6.51. The summed E-state index contributed by atoms with van der Waals surface area (Å²) in [6.45, 7) is 8.90. The Morgan fingerprint density at radius 3 is 2.54 bits per heavy atom. The summed E-state index contributed by atoms with van der Waals surface area (Å²) in [5.41, 5.74) is 6.74. The van der Waals surface area contributed by atoms with Gasteiger partial charge in [-0.25, -0.2) is 4.98 Å². The minimum atomic E-state index is -0.332. The van der Waals surface area contributed by atoms with E-state index in [2.05, 4.69) is 33.9 Å². The molecule has 11 heteroatoms. The Bertz CT molecular complexity index is 1110. The first-order valence-corrected chi connectivity index (χ1v) is 14.4. The average Bonchev–Trinajstić information content (AvgIpc) is 3.73. The van der Waals surface area contributed by atoms with Gasteiger partial charge in [-0.3, -0.25) is 9.59 Å². The summed E-state index contributed by atoms with van der Waals surface area (Å²) < 4.78 is 11.3. The number of ether oxygens (including phenoxy) is 1. The number of pyridine rings is 1. The predicted octanol–water partition coefficient (Wildman–Crippen LogP) is 2.69. The van der Waals surface area contributed by atoms with Crippen LogP contribution in [0.1, 0.15) is 74.5 Å². The number of likely N-dealkylation sites (tertiary alicyclic amines) is 2. The molecule has 2 aromatic rings. The zero-order chi connectivity index (χ0) is 27.4. The molecule has 39 heavy (non-hydrogen) atoms. The monoisotopic (exact) mass is 539 g/mol. The number of anilines is 1. The van der Waals surface area contributed by atoms with Crippen LogP contribution in [-0.4, -0.2) is 88.7 Å². The zero-order valence-electron chi connectivity index (χ0n) is 23.1. The Morgan fingerprint density at radius 1 is 1.10 bits per heavy atom. The molecule has 0 aliphatic carbocycles. The van der Waals surface area contributed by atoms with Gasteiger partial charge in [0.05, 0.1) is 18.1 Å². The summed E-state index contributed by atoms with van der Waals surface area (Å²) in [5.74, 6) is 1.79. The molecule has 2 atom stereocenters. The van der Waals surface area contributed by atoms with E-state index in [0.717, 1.165) is 70.5 Å². The third-order valence-corrected chi connectivity index (χ3v) is 8.21. The van der Waals surface area contributed by atoms with E-state index in [1.807, 2.05) is 4.90 Å². The van der Waals surface area contributed by atoms with E-state index in [0.29, 0.717) is 43.1 Å². The van der Waals surface area contributed by atoms with E-state index in [-0.39, 0.29) is 29.7 Å². The largest absolute Gasteiger partial charge is 0.478 e. The molecule has 3 aliphatic heterocycles. The summed E-state index contributed by atoms with van der Waals surface area (Å²) in [6, 6.07) is 3.78. The fourth-order valence-corrected chi connectivity index (χ4v) is 5.75. The number of piperidine rings is 1. The van der Waals surface area contributed by atoms with E-state index >= 15 is 0 Å². The number of hydrogen-bond donors (Lipinski definition) is 1. The molecule has 11 nitrogen and oxygen atoms in total. The van der Waals surface area contributed by atoms with Gasteiger partial charge in [-0.05, 0) is 50.5 Å². The molecule has 0 spiro atoms. The second kappa shape index (κ2) is 12.3. The fourth-order valence-electron chi connectivity index (χ4n) is 5.75. The second-order valence-corrected chi connectivity index (χ2v) is 11.4. The molecule has 0 unspecified atom stereocenters. The lowest BCUT2D eigenvalue weighted by Gasteiger charge is -2.30. The molecule has 5 rings (SSSR count). The van der Waals surface area contributed by atoms with Crippen molar-refractivity contribution in [3.05, 3.63) is 29.7 Å². The van der Waals surface area contributed by atoms with Crippen LogP contribution in [0, 0.1) is 11.8 Å². The molecule has 3 fully saturated rings. The first-order chi connectivity index (χ1) is 18.9. The summed E-state index contributed by atoms with van der Waals surface area (Å²) in [4.78, 5) is 40.4. The summed E-state index contributed by atoms with van der Waals surface area (Å²) >= 11 is 0. The molecule has 2 aromatic heterocycles. The van der Waals surface area contributed by atoms with Gasteiger partial charge in [-0.2, -0.15) is 4.98 Å². The first-order valence-electron chi connectivity index (χ1n) is 14.4. The highest BCUT2D eigenvalue weighted by Gasteiger charge is 2.40. The summed E-state index contributed by atoms with van der Waals surface area (Å²) in [6.07, 6.45) is 7.87. The van der Waals surface area contributed by atoms with E-state index in [4.69, 9.17) is 15.0 Å². The molecule has 0 saturated carbocycles. The summed E-state index contributed by atoms with van der Waals surface area (Å²) in [5, 5.41) is 4.07. The highest BCUT2D eigenvalue weighted by Crippen LogP contribution is 2.26. The highest BCUT2D eigenvalue weighted by atomic mass is 16.5. The molecule has 212 valence electrons. The van der Waals surface area contributed by atoms with Crippen molar-refractivity contribution < 1.29 is 18.8 Å². The van der Waals surface area contributed by atoms with Crippen LogP contribution in [0.5, 0.6) is 5.88 Å². The van der Waals surface area contributed by atoms with Crippen LogP contribution in [0.2, 0.25) is 0 Å². The Morgan fingerprint density at radius 2 is 1.87 bits per heavy atom. The second-order valence-electron chi connectivity index (χ2n) is 11.4. The molecule has 2 N–H and O–H groups in total. The molecular weight excluding hydrogens is 498 g/mol. The minimum absolute atomic E-state index is 0.0785. The number of nitrogens with zero attached hydrogens (tertiary/aromatic N) is 6. The number of rotatable bonds is 9. The molecule has 5 heterocycles. The normalized spacial score (nSPS) is 22.2. The lowest BCUT2D eigenvalue weighted by Crippen LogP contribution is -2.42. The van der Waals surface area contributed by atoms with Gasteiger partial charge in [0, 0.05) is 63.5 Å². The van der Waals surface area contributed by atoms with Gasteiger partial charge < -0.3 is 29.7 Å². The van der Waals surface area contributed by atoms with Gasteiger partial charge in [0.15, 0.2) is 5.82 Å². The first kappa shape index (κ1) is 27.4. The lowest BCUT2D eigenvalue weighted by molar-refractivity contribution is -0.134. The van der Waals surface area contributed by atoms with Crippen molar-refractivity contribution in [2.24, 2.45) is 17.6 Å². The summed E-state index contributed by atoms with van der Waals surface area (Å²) in [7, 11) is 0. The van der Waals surface area contributed by atoms with Gasteiger partial charge in [0.1, 0.15) is 0 Å². The molecule has 0 bridgehead atoms. The number of carbonyl (C=O) groups is 2. The smallest absolute Gasteiger partial charge is 0.324 e. The Kier molecular flexibility index (Phi) is 8.64. The highest BCUT2D eigenvalue weighted by molar-refractivity contribution is 5.95. The lowest BCUT2D eigenvalue weighted by atomic mass is 9.92. The van der Waals surface area contributed by atoms with Gasteiger partial charge in [-0.15, -0.1) is 0 Å². The molecule has 3 aliphatic rings. The molecule has 2 amide bonds. The van der Waals surface area contributed by atoms with E-state index in [9.17, 15) is 9.59 Å². The number of aromatic nitrogens is 3. The third-order valence-electron chi connectivity index (χ3n) is 8.21. The number of amides is 2. The quantitative estimate of drug-likeness (QED) is 0.478. The van der Waals surface area contributed by atoms with Crippen molar-refractivity contribution in [1.82, 2.24) is 24.9 Å². The maximum atomic E-state index is 13.0.